The summed E-state index contributed by atoms with van der Waals surface area (Å²) in [6.07, 6.45) is 0. The zero-order valence-corrected chi connectivity index (χ0v) is 13.2. The van der Waals surface area contributed by atoms with E-state index in [-0.39, 0.29) is 16.5 Å². The monoisotopic (exact) mass is 361 g/mol. The SMILES string of the molecule is O=C(Cn1[nH]c(=O)c2ccccc2c1=O)Nc1ccc(OC(F)F)cc1. The summed E-state index contributed by atoms with van der Waals surface area (Å²) in [5.41, 5.74) is -0.662. The van der Waals surface area contributed by atoms with Gasteiger partial charge < -0.3 is 10.1 Å². The van der Waals surface area contributed by atoms with E-state index in [0.29, 0.717) is 5.69 Å². The molecule has 2 N–H and O–H groups in total. The van der Waals surface area contributed by atoms with E-state index in [1.54, 1.807) is 12.1 Å². The van der Waals surface area contributed by atoms with Crippen molar-refractivity contribution in [2.24, 2.45) is 0 Å². The Kier molecular flexibility index (Phi) is 4.78. The van der Waals surface area contributed by atoms with Crippen molar-refractivity contribution in [3.05, 3.63) is 69.2 Å². The number of halogens is 2. The number of fused-ring (bicyclic) bond motifs is 1. The van der Waals surface area contributed by atoms with Gasteiger partial charge in [0.2, 0.25) is 5.91 Å². The number of aromatic nitrogens is 2. The van der Waals surface area contributed by atoms with Crippen LogP contribution >= 0.6 is 0 Å². The van der Waals surface area contributed by atoms with Crippen LogP contribution in [0.5, 0.6) is 5.75 Å². The van der Waals surface area contributed by atoms with Crippen LogP contribution in [0.2, 0.25) is 0 Å². The average molecular weight is 361 g/mol. The molecule has 0 spiro atoms. The van der Waals surface area contributed by atoms with E-state index in [1.807, 2.05) is 0 Å². The first-order valence-corrected chi connectivity index (χ1v) is 7.50. The van der Waals surface area contributed by atoms with Gasteiger partial charge in [-0.15, -0.1) is 0 Å². The molecular weight excluding hydrogens is 348 g/mol. The Morgan fingerprint density at radius 3 is 2.38 bits per heavy atom. The first-order chi connectivity index (χ1) is 12.4. The summed E-state index contributed by atoms with van der Waals surface area (Å²) in [7, 11) is 0. The van der Waals surface area contributed by atoms with Crippen LogP contribution in [0.3, 0.4) is 0 Å². The minimum atomic E-state index is -2.94. The second kappa shape index (κ2) is 7.18. The standard InChI is InChI=1S/C17H13F2N3O4/c18-17(19)26-11-7-5-10(6-8-11)20-14(23)9-22-16(25)13-4-2-1-3-12(13)15(24)21-22/h1-8,17H,9H2,(H,20,23)(H,21,24). The molecule has 26 heavy (non-hydrogen) atoms. The van der Waals surface area contributed by atoms with Gasteiger partial charge in [-0.25, -0.2) is 4.68 Å². The molecule has 0 aliphatic rings. The lowest BCUT2D eigenvalue weighted by atomic mass is 10.2. The quantitative estimate of drug-likeness (QED) is 0.726. The largest absolute Gasteiger partial charge is 0.435 e. The minimum absolute atomic E-state index is 0.0481. The molecule has 1 aromatic heterocycles. The van der Waals surface area contributed by atoms with Crippen molar-refractivity contribution in [2.45, 2.75) is 13.2 Å². The molecule has 0 saturated carbocycles. The molecule has 7 nitrogen and oxygen atoms in total. The van der Waals surface area contributed by atoms with Crippen LogP contribution in [0.25, 0.3) is 10.8 Å². The summed E-state index contributed by atoms with van der Waals surface area (Å²) in [5, 5.41) is 5.30. The molecule has 134 valence electrons. The van der Waals surface area contributed by atoms with Crippen molar-refractivity contribution >= 4 is 22.4 Å². The predicted octanol–water partition coefficient (Wildman–Crippen LogP) is 1.93. The Morgan fingerprint density at radius 2 is 1.73 bits per heavy atom. The normalized spacial score (nSPS) is 10.9. The van der Waals surface area contributed by atoms with E-state index < -0.39 is 30.2 Å². The van der Waals surface area contributed by atoms with Crippen molar-refractivity contribution in [3.63, 3.8) is 0 Å². The summed E-state index contributed by atoms with van der Waals surface area (Å²) in [6.45, 7) is -3.35. The van der Waals surface area contributed by atoms with Crippen molar-refractivity contribution in [1.29, 1.82) is 0 Å². The van der Waals surface area contributed by atoms with Crippen molar-refractivity contribution < 1.29 is 18.3 Å². The molecule has 0 saturated heterocycles. The average Bonchev–Trinajstić information content (AvgIpc) is 2.61. The van der Waals surface area contributed by atoms with Crippen molar-refractivity contribution in [2.75, 3.05) is 5.32 Å². The number of anilines is 1. The zero-order valence-electron chi connectivity index (χ0n) is 13.2. The van der Waals surface area contributed by atoms with E-state index in [1.165, 1.54) is 36.4 Å². The van der Waals surface area contributed by atoms with E-state index >= 15 is 0 Å². The highest BCUT2D eigenvalue weighted by Crippen LogP contribution is 2.17. The second-order valence-electron chi connectivity index (χ2n) is 5.33. The van der Waals surface area contributed by atoms with Gasteiger partial charge in [-0.1, -0.05) is 12.1 Å². The molecule has 0 bridgehead atoms. The molecule has 3 rings (SSSR count). The number of alkyl halides is 2. The van der Waals surface area contributed by atoms with Gasteiger partial charge in [0.25, 0.3) is 11.1 Å². The molecule has 1 heterocycles. The number of carbonyl (C=O) groups is 1. The molecule has 0 atom stereocenters. The molecule has 2 aromatic carbocycles. The third-order valence-electron chi connectivity index (χ3n) is 3.55. The number of ether oxygens (including phenoxy) is 1. The first-order valence-electron chi connectivity index (χ1n) is 7.50. The third-order valence-corrected chi connectivity index (χ3v) is 3.55. The number of nitrogens with zero attached hydrogens (tertiary/aromatic N) is 1. The van der Waals surface area contributed by atoms with Gasteiger partial charge >= 0.3 is 6.61 Å². The number of hydrogen-bond donors (Lipinski definition) is 2. The number of carbonyl (C=O) groups excluding carboxylic acids is 1. The number of amides is 1. The molecular formula is C17H13F2N3O4. The van der Waals surface area contributed by atoms with Crippen LogP contribution in [0.4, 0.5) is 14.5 Å². The predicted molar refractivity (Wildman–Crippen MR) is 90.5 cm³/mol. The van der Waals surface area contributed by atoms with Gasteiger partial charge in [-0.2, -0.15) is 8.78 Å². The van der Waals surface area contributed by atoms with Gasteiger partial charge in [0.1, 0.15) is 12.3 Å². The number of rotatable bonds is 5. The maximum atomic E-state index is 12.3. The van der Waals surface area contributed by atoms with Crippen LogP contribution in [0.15, 0.2) is 58.1 Å². The van der Waals surface area contributed by atoms with Crippen LogP contribution in [-0.2, 0) is 11.3 Å². The number of nitrogens with one attached hydrogen (secondary N) is 2. The summed E-state index contributed by atoms with van der Waals surface area (Å²) >= 11 is 0. The Hall–Kier alpha value is -3.49. The Labute approximate surface area is 144 Å². The van der Waals surface area contributed by atoms with Crippen molar-refractivity contribution in [1.82, 2.24) is 9.78 Å². The van der Waals surface area contributed by atoms with E-state index in [0.717, 1.165) is 4.68 Å². The molecule has 0 fully saturated rings. The van der Waals surface area contributed by atoms with Gasteiger partial charge in [-0.3, -0.25) is 19.5 Å². The van der Waals surface area contributed by atoms with Crippen LogP contribution in [0, 0.1) is 0 Å². The van der Waals surface area contributed by atoms with Crippen LogP contribution < -0.4 is 21.2 Å². The van der Waals surface area contributed by atoms with E-state index in [2.05, 4.69) is 15.2 Å². The molecule has 9 heteroatoms. The number of hydrogen-bond acceptors (Lipinski definition) is 4. The zero-order chi connectivity index (χ0) is 18.7. The fourth-order valence-electron chi connectivity index (χ4n) is 2.42. The van der Waals surface area contributed by atoms with Crippen LogP contribution in [-0.4, -0.2) is 22.3 Å². The van der Waals surface area contributed by atoms with E-state index in [4.69, 9.17) is 0 Å². The Bertz CT molecular complexity index is 1060. The molecule has 1 amide bonds. The maximum absolute atomic E-state index is 12.3. The highest BCUT2D eigenvalue weighted by molar-refractivity contribution is 5.90. The lowest BCUT2D eigenvalue weighted by molar-refractivity contribution is -0.117. The number of aromatic amines is 1. The summed E-state index contributed by atoms with van der Waals surface area (Å²) in [5.74, 6) is -0.617. The highest BCUT2D eigenvalue weighted by Gasteiger charge is 2.11. The minimum Gasteiger partial charge on any atom is -0.435 e. The third kappa shape index (κ3) is 3.77. The van der Waals surface area contributed by atoms with Gasteiger partial charge in [0, 0.05) is 5.69 Å². The molecule has 0 aliphatic carbocycles. The Balaban J connectivity index is 1.76. The van der Waals surface area contributed by atoms with Crippen molar-refractivity contribution in [3.8, 4) is 5.75 Å². The lowest BCUT2D eigenvalue weighted by Gasteiger charge is -2.09. The summed E-state index contributed by atoms with van der Waals surface area (Å²) < 4.78 is 29.3. The van der Waals surface area contributed by atoms with Crippen LogP contribution in [0.1, 0.15) is 0 Å². The molecule has 0 unspecified atom stereocenters. The second-order valence-corrected chi connectivity index (χ2v) is 5.33. The highest BCUT2D eigenvalue weighted by atomic mass is 19.3. The fraction of sp³-hybridized carbons (Fsp3) is 0.118. The summed E-state index contributed by atoms with van der Waals surface area (Å²) in [6, 6.07) is 11.6. The van der Waals surface area contributed by atoms with Gasteiger partial charge in [0.05, 0.1) is 10.8 Å². The van der Waals surface area contributed by atoms with E-state index in [9.17, 15) is 23.2 Å². The fourth-order valence-corrected chi connectivity index (χ4v) is 2.42. The lowest BCUT2D eigenvalue weighted by Crippen LogP contribution is -2.34. The topological polar surface area (TPSA) is 93.2 Å². The number of H-pyrrole nitrogens is 1. The van der Waals surface area contributed by atoms with Gasteiger partial charge in [-0.05, 0) is 36.4 Å². The smallest absolute Gasteiger partial charge is 0.387 e. The summed E-state index contributed by atoms with van der Waals surface area (Å²) in [4.78, 5) is 36.4. The molecule has 0 radical (unpaired) electrons. The number of benzene rings is 2. The molecule has 0 aliphatic heterocycles. The van der Waals surface area contributed by atoms with Gasteiger partial charge in [0.15, 0.2) is 0 Å². The Morgan fingerprint density at radius 1 is 1.08 bits per heavy atom. The first kappa shape index (κ1) is 17.3. The molecule has 3 aromatic rings. The maximum Gasteiger partial charge on any atom is 0.387 e.